The van der Waals surface area contributed by atoms with Crippen molar-refractivity contribution in [3.8, 4) is 5.75 Å². The van der Waals surface area contributed by atoms with E-state index in [1.54, 1.807) is 18.2 Å². The summed E-state index contributed by atoms with van der Waals surface area (Å²) in [5.41, 5.74) is 4.34. The molecule has 1 amide bonds. The molecule has 1 atom stereocenters. The predicted octanol–water partition coefficient (Wildman–Crippen LogP) is 3.35. The molecule has 128 valence electrons. The molecule has 0 radical (unpaired) electrons. The van der Waals surface area contributed by atoms with Gasteiger partial charge in [0.2, 0.25) is 0 Å². The Kier molecular flexibility index (Phi) is 3.92. The normalized spacial score (nSPS) is 17.1. The van der Waals surface area contributed by atoms with Gasteiger partial charge in [0.15, 0.2) is 0 Å². The lowest BCUT2D eigenvalue weighted by Crippen LogP contribution is -2.29. The maximum Gasteiger partial charge on any atom is 0.252 e. The fourth-order valence-electron chi connectivity index (χ4n) is 3.18. The van der Waals surface area contributed by atoms with Crippen LogP contribution in [0.1, 0.15) is 48.5 Å². The first-order valence-corrected chi connectivity index (χ1v) is 8.66. The second-order valence-corrected chi connectivity index (χ2v) is 6.71. The smallest absolute Gasteiger partial charge is 0.252 e. The molecule has 5 heteroatoms. The minimum absolute atomic E-state index is 0.131. The summed E-state index contributed by atoms with van der Waals surface area (Å²) in [6.07, 6.45) is 6.30. The van der Waals surface area contributed by atoms with E-state index in [0.29, 0.717) is 18.0 Å². The van der Waals surface area contributed by atoms with Crippen LogP contribution < -0.4 is 10.6 Å². The van der Waals surface area contributed by atoms with Crippen molar-refractivity contribution >= 4 is 17.2 Å². The number of nitrogens with one attached hydrogen (secondary N) is 2. The van der Waals surface area contributed by atoms with Crippen molar-refractivity contribution in [2.45, 2.75) is 31.7 Å². The highest BCUT2D eigenvalue weighted by atomic mass is 16.3. The average molecular weight is 335 g/mol. The van der Waals surface area contributed by atoms with Gasteiger partial charge in [0, 0.05) is 35.6 Å². The number of aromatic nitrogens is 1. The van der Waals surface area contributed by atoms with E-state index in [4.69, 9.17) is 0 Å². The highest BCUT2D eigenvalue weighted by Gasteiger charge is 2.24. The summed E-state index contributed by atoms with van der Waals surface area (Å²) >= 11 is 0. The molecule has 2 heterocycles. The molecule has 1 aromatic heterocycles. The van der Waals surface area contributed by atoms with Gasteiger partial charge in [-0.2, -0.15) is 0 Å². The number of anilines is 1. The third-order valence-electron chi connectivity index (χ3n) is 4.79. The van der Waals surface area contributed by atoms with E-state index in [2.05, 4.69) is 21.7 Å². The van der Waals surface area contributed by atoms with Gasteiger partial charge < -0.3 is 15.7 Å². The minimum Gasteiger partial charge on any atom is -0.508 e. The first-order chi connectivity index (χ1) is 12.1. The minimum atomic E-state index is -0.169. The van der Waals surface area contributed by atoms with E-state index in [-0.39, 0.29) is 17.7 Å². The molecule has 3 N–H and O–H groups in total. The molecule has 4 rings (SSSR count). The number of nitrogens with zero attached hydrogens (tertiary/aromatic N) is 1. The van der Waals surface area contributed by atoms with Crippen molar-refractivity contribution in [2.75, 3.05) is 11.9 Å². The number of phenolic OH excluding ortho intramolecular Hbond substituents is 1. The molecule has 1 aromatic carbocycles. The highest BCUT2D eigenvalue weighted by Crippen LogP contribution is 2.39. The quantitative estimate of drug-likeness (QED) is 0.801. The first kappa shape index (κ1) is 15.7. The summed E-state index contributed by atoms with van der Waals surface area (Å²) in [5.74, 6) is 0.731. The Morgan fingerprint density at radius 2 is 2.16 bits per heavy atom. The number of phenols is 1. The van der Waals surface area contributed by atoms with Gasteiger partial charge in [-0.05, 0) is 49.4 Å². The van der Waals surface area contributed by atoms with Crippen molar-refractivity contribution in [3.63, 3.8) is 0 Å². The Labute approximate surface area is 146 Å². The SMILES string of the molecule is CC(NC(=O)C1=CCNc2cc(O)ccc21)c1ccc(C2CC2)cn1. The van der Waals surface area contributed by atoms with Gasteiger partial charge in [0.25, 0.3) is 5.91 Å². The van der Waals surface area contributed by atoms with Crippen LogP contribution in [-0.4, -0.2) is 22.5 Å². The fourth-order valence-corrected chi connectivity index (χ4v) is 3.18. The van der Waals surface area contributed by atoms with Crippen molar-refractivity contribution in [1.29, 1.82) is 0 Å². The zero-order valence-electron chi connectivity index (χ0n) is 14.1. The molecule has 0 bridgehead atoms. The number of carbonyl (C=O) groups is 1. The number of aromatic hydroxyl groups is 1. The molecule has 1 saturated carbocycles. The van der Waals surface area contributed by atoms with Crippen LogP contribution in [0.2, 0.25) is 0 Å². The van der Waals surface area contributed by atoms with Gasteiger partial charge in [0.05, 0.1) is 11.7 Å². The monoisotopic (exact) mass is 335 g/mol. The number of pyridine rings is 1. The lowest BCUT2D eigenvalue weighted by molar-refractivity contribution is -0.116. The van der Waals surface area contributed by atoms with E-state index in [0.717, 1.165) is 16.9 Å². The van der Waals surface area contributed by atoms with Crippen LogP contribution in [0.25, 0.3) is 5.57 Å². The molecule has 0 spiro atoms. The largest absolute Gasteiger partial charge is 0.508 e. The molecular formula is C20H21N3O2. The first-order valence-electron chi connectivity index (χ1n) is 8.66. The van der Waals surface area contributed by atoms with E-state index >= 15 is 0 Å². The lowest BCUT2D eigenvalue weighted by Gasteiger charge is -2.21. The Bertz CT molecular complexity index is 839. The fraction of sp³-hybridized carbons (Fsp3) is 0.300. The molecule has 0 saturated heterocycles. The van der Waals surface area contributed by atoms with Gasteiger partial charge in [-0.1, -0.05) is 12.1 Å². The molecule has 2 aliphatic rings. The molecular weight excluding hydrogens is 314 g/mol. The number of fused-ring (bicyclic) bond motifs is 1. The van der Waals surface area contributed by atoms with Crippen molar-refractivity contribution in [1.82, 2.24) is 10.3 Å². The zero-order chi connectivity index (χ0) is 17.4. The Hall–Kier alpha value is -2.82. The molecule has 1 aliphatic heterocycles. The Balaban J connectivity index is 1.49. The summed E-state index contributed by atoms with van der Waals surface area (Å²) in [4.78, 5) is 17.2. The molecule has 1 unspecified atom stereocenters. The van der Waals surface area contributed by atoms with Crippen molar-refractivity contribution in [3.05, 3.63) is 59.4 Å². The molecule has 5 nitrogen and oxygen atoms in total. The van der Waals surface area contributed by atoms with Crippen LogP contribution >= 0.6 is 0 Å². The Morgan fingerprint density at radius 1 is 1.32 bits per heavy atom. The van der Waals surface area contributed by atoms with E-state index in [1.165, 1.54) is 18.4 Å². The standard InChI is InChI=1S/C20H21N3O2/c1-12(18-7-4-14(11-22-18)13-2-3-13)23-20(25)17-8-9-21-19-10-15(24)5-6-16(17)19/h4-8,10-13,21,24H,2-3,9H2,1H3,(H,23,25). The number of hydrogen-bond acceptors (Lipinski definition) is 4. The van der Waals surface area contributed by atoms with E-state index in [9.17, 15) is 9.90 Å². The van der Waals surface area contributed by atoms with Gasteiger partial charge in [-0.3, -0.25) is 9.78 Å². The Morgan fingerprint density at radius 3 is 2.88 bits per heavy atom. The maximum atomic E-state index is 12.7. The summed E-state index contributed by atoms with van der Waals surface area (Å²) in [7, 11) is 0. The molecule has 2 aromatic rings. The number of rotatable bonds is 4. The van der Waals surface area contributed by atoms with Crippen LogP contribution in [0.4, 0.5) is 5.69 Å². The zero-order valence-corrected chi connectivity index (χ0v) is 14.1. The number of carbonyl (C=O) groups excluding carboxylic acids is 1. The van der Waals surface area contributed by atoms with E-state index in [1.807, 2.05) is 25.3 Å². The van der Waals surface area contributed by atoms with Crippen LogP contribution in [0.15, 0.2) is 42.6 Å². The highest BCUT2D eigenvalue weighted by molar-refractivity contribution is 6.21. The van der Waals surface area contributed by atoms with Crippen LogP contribution in [-0.2, 0) is 4.79 Å². The van der Waals surface area contributed by atoms with Crippen molar-refractivity contribution in [2.24, 2.45) is 0 Å². The average Bonchev–Trinajstić information content (AvgIpc) is 3.46. The van der Waals surface area contributed by atoms with Crippen molar-refractivity contribution < 1.29 is 9.90 Å². The molecule has 25 heavy (non-hydrogen) atoms. The topological polar surface area (TPSA) is 74.2 Å². The summed E-state index contributed by atoms with van der Waals surface area (Å²) in [6, 6.07) is 8.94. The number of benzene rings is 1. The molecule has 1 aliphatic carbocycles. The second kappa shape index (κ2) is 6.24. The number of amides is 1. The van der Waals surface area contributed by atoms with Gasteiger partial charge in [-0.25, -0.2) is 0 Å². The third-order valence-corrected chi connectivity index (χ3v) is 4.79. The summed E-state index contributed by atoms with van der Waals surface area (Å²) in [6.45, 7) is 2.50. The maximum absolute atomic E-state index is 12.7. The van der Waals surface area contributed by atoms with Gasteiger partial charge in [-0.15, -0.1) is 0 Å². The van der Waals surface area contributed by atoms with E-state index < -0.39 is 0 Å². The van der Waals surface area contributed by atoms with Crippen LogP contribution in [0.3, 0.4) is 0 Å². The molecule has 1 fully saturated rings. The number of hydrogen-bond donors (Lipinski definition) is 3. The van der Waals surface area contributed by atoms with Gasteiger partial charge >= 0.3 is 0 Å². The second-order valence-electron chi connectivity index (χ2n) is 6.71. The lowest BCUT2D eigenvalue weighted by atomic mass is 9.99. The third kappa shape index (κ3) is 3.22. The van der Waals surface area contributed by atoms with Gasteiger partial charge in [0.1, 0.15) is 5.75 Å². The van der Waals surface area contributed by atoms with Crippen LogP contribution in [0.5, 0.6) is 5.75 Å². The summed E-state index contributed by atoms with van der Waals surface area (Å²) < 4.78 is 0. The van der Waals surface area contributed by atoms with Crippen LogP contribution in [0, 0.1) is 0 Å². The summed E-state index contributed by atoms with van der Waals surface area (Å²) in [5, 5.41) is 15.8. The predicted molar refractivity (Wildman–Crippen MR) is 97.3 cm³/mol.